The average Bonchev–Trinajstić information content (AvgIpc) is 2.44. The Morgan fingerprint density at radius 2 is 1.75 bits per heavy atom. The molecular formula is C18H17NO. The minimum absolute atomic E-state index is 0.0696. The Morgan fingerprint density at radius 1 is 1.05 bits per heavy atom. The summed E-state index contributed by atoms with van der Waals surface area (Å²) in [6.07, 6.45) is 2.16. The molecule has 100 valence electrons. The largest absolute Gasteiger partial charge is 0.308 e. The quantitative estimate of drug-likeness (QED) is 0.700. The monoisotopic (exact) mass is 263 g/mol. The summed E-state index contributed by atoms with van der Waals surface area (Å²) in [6, 6.07) is 16.3. The highest BCUT2D eigenvalue weighted by atomic mass is 16.2. The van der Waals surface area contributed by atoms with Crippen LogP contribution in [0.1, 0.15) is 30.5 Å². The van der Waals surface area contributed by atoms with Crippen molar-refractivity contribution in [3.63, 3.8) is 0 Å². The molecule has 0 aliphatic carbocycles. The fraction of sp³-hybridized carbons (Fsp3) is 0.167. The highest BCUT2D eigenvalue weighted by molar-refractivity contribution is 5.97. The summed E-state index contributed by atoms with van der Waals surface area (Å²) in [7, 11) is 0. The fourth-order valence-electron chi connectivity index (χ4n) is 2.75. The molecule has 2 heteroatoms. The zero-order valence-electron chi connectivity index (χ0n) is 11.8. The van der Waals surface area contributed by atoms with E-state index >= 15 is 0 Å². The molecule has 0 spiro atoms. The van der Waals surface area contributed by atoms with E-state index < -0.39 is 0 Å². The normalized spacial score (nSPS) is 16.3. The highest BCUT2D eigenvalue weighted by Gasteiger charge is 2.19. The summed E-state index contributed by atoms with van der Waals surface area (Å²) in [5.74, 6) is 0.0696. The van der Waals surface area contributed by atoms with Crippen LogP contribution in [0.3, 0.4) is 0 Å². The van der Waals surface area contributed by atoms with Gasteiger partial charge < -0.3 is 4.90 Å². The zero-order valence-corrected chi connectivity index (χ0v) is 11.8. The van der Waals surface area contributed by atoms with Crippen LogP contribution in [0.15, 0.2) is 48.5 Å². The Kier molecular flexibility index (Phi) is 3.15. The van der Waals surface area contributed by atoms with E-state index in [0.717, 1.165) is 11.3 Å². The predicted molar refractivity (Wildman–Crippen MR) is 83.3 cm³/mol. The number of benzene rings is 2. The van der Waals surface area contributed by atoms with E-state index in [0.29, 0.717) is 6.54 Å². The molecule has 1 amide bonds. The maximum Gasteiger partial charge on any atom is 0.224 e. The van der Waals surface area contributed by atoms with Crippen LogP contribution in [-0.4, -0.2) is 5.91 Å². The van der Waals surface area contributed by atoms with Gasteiger partial charge in [0.05, 0.1) is 12.2 Å². The van der Waals surface area contributed by atoms with Crippen LogP contribution in [0.2, 0.25) is 0 Å². The van der Waals surface area contributed by atoms with Gasteiger partial charge in [0.15, 0.2) is 0 Å². The highest BCUT2D eigenvalue weighted by Crippen LogP contribution is 2.32. The molecule has 0 radical (unpaired) electrons. The van der Waals surface area contributed by atoms with Gasteiger partial charge >= 0.3 is 0 Å². The lowest BCUT2D eigenvalue weighted by Gasteiger charge is -2.27. The Bertz CT molecular complexity index is 700. The summed E-state index contributed by atoms with van der Waals surface area (Å²) in [6.45, 7) is 4.37. The number of hydrogen-bond donors (Lipinski definition) is 0. The van der Waals surface area contributed by atoms with Crippen LogP contribution in [0.4, 0.5) is 5.69 Å². The van der Waals surface area contributed by atoms with Gasteiger partial charge in [-0.3, -0.25) is 4.79 Å². The van der Waals surface area contributed by atoms with Gasteiger partial charge in [-0.1, -0.05) is 42.5 Å². The zero-order chi connectivity index (χ0) is 14.1. The molecule has 0 aromatic heterocycles. The molecule has 0 saturated carbocycles. The van der Waals surface area contributed by atoms with Crippen molar-refractivity contribution >= 4 is 23.2 Å². The standard InChI is InChI=1S/C18H17NO/c1-13-11-15-7-4-6-10-18(15)19(14(2)20)12-16-8-3-5-9-17(13)16/h3-11H,12H2,1-2H3/b13-11-. The summed E-state index contributed by atoms with van der Waals surface area (Å²) in [5, 5.41) is 0. The third kappa shape index (κ3) is 2.14. The molecule has 0 fully saturated rings. The molecule has 1 heterocycles. The lowest BCUT2D eigenvalue weighted by Crippen LogP contribution is -2.29. The van der Waals surface area contributed by atoms with Crippen LogP contribution in [0.5, 0.6) is 0 Å². The molecule has 0 saturated heterocycles. The van der Waals surface area contributed by atoms with E-state index in [1.54, 1.807) is 6.92 Å². The first kappa shape index (κ1) is 12.7. The third-order valence-electron chi connectivity index (χ3n) is 3.75. The summed E-state index contributed by atoms with van der Waals surface area (Å²) < 4.78 is 0. The first-order valence-electron chi connectivity index (χ1n) is 6.80. The van der Waals surface area contributed by atoms with Gasteiger partial charge in [-0.2, -0.15) is 0 Å². The molecule has 20 heavy (non-hydrogen) atoms. The summed E-state index contributed by atoms with van der Waals surface area (Å²) >= 11 is 0. The second-order valence-corrected chi connectivity index (χ2v) is 5.15. The maximum absolute atomic E-state index is 12.0. The lowest BCUT2D eigenvalue weighted by molar-refractivity contribution is -0.116. The van der Waals surface area contributed by atoms with Gasteiger partial charge in [0.25, 0.3) is 0 Å². The molecule has 0 unspecified atom stereocenters. The molecule has 1 aliphatic rings. The van der Waals surface area contributed by atoms with Crippen molar-refractivity contribution in [2.75, 3.05) is 4.90 Å². The minimum atomic E-state index is 0.0696. The number of allylic oxidation sites excluding steroid dienone is 1. The molecule has 2 nitrogen and oxygen atoms in total. The number of carbonyl (C=O) groups is 1. The summed E-state index contributed by atoms with van der Waals surface area (Å²) in [5.41, 5.74) is 5.71. The van der Waals surface area contributed by atoms with Crippen LogP contribution >= 0.6 is 0 Å². The van der Waals surface area contributed by atoms with Crippen molar-refractivity contribution in [3.05, 3.63) is 65.2 Å². The topological polar surface area (TPSA) is 20.3 Å². The predicted octanol–water partition coefficient (Wildman–Crippen LogP) is 4.11. The van der Waals surface area contributed by atoms with Gasteiger partial charge in [-0.05, 0) is 41.3 Å². The number of nitrogens with zero attached hydrogens (tertiary/aromatic N) is 1. The molecule has 1 aliphatic heterocycles. The molecule has 2 aromatic rings. The number of hydrogen-bond acceptors (Lipinski definition) is 1. The number of carbonyl (C=O) groups excluding carboxylic acids is 1. The van der Waals surface area contributed by atoms with Crippen molar-refractivity contribution in [3.8, 4) is 0 Å². The van der Waals surface area contributed by atoms with Crippen LogP contribution in [0, 0.1) is 0 Å². The van der Waals surface area contributed by atoms with E-state index in [1.807, 2.05) is 35.2 Å². The lowest BCUT2D eigenvalue weighted by atomic mass is 9.95. The van der Waals surface area contributed by atoms with Crippen molar-refractivity contribution in [1.29, 1.82) is 0 Å². The Morgan fingerprint density at radius 3 is 2.55 bits per heavy atom. The smallest absolute Gasteiger partial charge is 0.224 e. The van der Waals surface area contributed by atoms with E-state index in [2.05, 4.69) is 31.2 Å². The molecule has 0 atom stereocenters. The van der Waals surface area contributed by atoms with E-state index in [-0.39, 0.29) is 5.91 Å². The van der Waals surface area contributed by atoms with Crippen molar-refractivity contribution in [2.24, 2.45) is 0 Å². The SMILES string of the molecule is CC(=O)N1Cc2ccccc2/C(C)=C\c2ccccc21. The molecule has 3 rings (SSSR count). The maximum atomic E-state index is 12.0. The molecule has 0 N–H and O–H groups in total. The second-order valence-electron chi connectivity index (χ2n) is 5.15. The van der Waals surface area contributed by atoms with Crippen LogP contribution in [0.25, 0.3) is 11.6 Å². The molecule has 0 bridgehead atoms. The minimum Gasteiger partial charge on any atom is -0.308 e. The average molecular weight is 263 g/mol. The fourth-order valence-corrected chi connectivity index (χ4v) is 2.75. The molecular weight excluding hydrogens is 246 g/mol. The van der Waals surface area contributed by atoms with Gasteiger partial charge in [0, 0.05) is 6.92 Å². The van der Waals surface area contributed by atoms with Crippen molar-refractivity contribution < 1.29 is 4.79 Å². The first-order valence-corrected chi connectivity index (χ1v) is 6.80. The van der Waals surface area contributed by atoms with Crippen LogP contribution in [-0.2, 0) is 11.3 Å². The van der Waals surface area contributed by atoms with E-state index in [4.69, 9.17) is 0 Å². The van der Waals surface area contributed by atoms with Gasteiger partial charge in [0.1, 0.15) is 0 Å². The number of amides is 1. The summed E-state index contributed by atoms with van der Waals surface area (Å²) in [4.78, 5) is 13.9. The van der Waals surface area contributed by atoms with Gasteiger partial charge in [0.2, 0.25) is 5.91 Å². The number of fused-ring (bicyclic) bond motifs is 2. The van der Waals surface area contributed by atoms with Crippen LogP contribution < -0.4 is 4.90 Å². The number of para-hydroxylation sites is 1. The number of rotatable bonds is 0. The van der Waals surface area contributed by atoms with Gasteiger partial charge in [-0.15, -0.1) is 0 Å². The van der Waals surface area contributed by atoms with E-state index in [1.165, 1.54) is 16.7 Å². The molecule has 2 aromatic carbocycles. The van der Waals surface area contributed by atoms with Crippen molar-refractivity contribution in [1.82, 2.24) is 0 Å². The Balaban J connectivity index is 2.26. The van der Waals surface area contributed by atoms with E-state index in [9.17, 15) is 4.79 Å². The first-order chi connectivity index (χ1) is 9.66. The second kappa shape index (κ2) is 4.97. The Labute approximate surface area is 119 Å². The number of anilines is 1. The van der Waals surface area contributed by atoms with Crippen molar-refractivity contribution in [2.45, 2.75) is 20.4 Å². The third-order valence-corrected chi connectivity index (χ3v) is 3.75. The Hall–Kier alpha value is -2.35. The van der Waals surface area contributed by atoms with Gasteiger partial charge in [-0.25, -0.2) is 0 Å².